The molecule has 0 N–H and O–H groups in total. The molecule has 0 saturated carbocycles. The Morgan fingerprint density at radius 2 is 1.10 bits per heavy atom. The van der Waals surface area contributed by atoms with E-state index < -0.39 is 9.85 Å². The Bertz CT molecular complexity index is 1150. The second-order valence-corrected chi connectivity index (χ2v) is 6.55. The van der Waals surface area contributed by atoms with Crippen molar-refractivity contribution in [2.45, 2.75) is 0 Å². The van der Waals surface area contributed by atoms with E-state index in [9.17, 15) is 20.2 Å². The van der Waals surface area contributed by atoms with Crippen molar-refractivity contribution in [1.29, 1.82) is 0 Å². The summed E-state index contributed by atoms with van der Waals surface area (Å²) >= 11 is 0. The zero-order valence-corrected chi connectivity index (χ0v) is 15.6. The molecule has 0 aliphatic heterocycles. The fourth-order valence-electron chi connectivity index (χ4n) is 3.35. The number of non-ortho nitro benzene ring substituents is 2. The average Bonchev–Trinajstić information content (AvgIpc) is 2.79. The van der Waals surface area contributed by atoms with Gasteiger partial charge in [0, 0.05) is 36.0 Å². The minimum atomic E-state index is -0.434. The van der Waals surface area contributed by atoms with Crippen molar-refractivity contribution < 1.29 is 9.85 Å². The molecule has 1 heterocycles. The summed E-state index contributed by atoms with van der Waals surface area (Å²) in [6.45, 7) is 0. The molecule has 0 aliphatic rings. The molecule has 0 atom stereocenters. The predicted molar refractivity (Wildman–Crippen MR) is 114 cm³/mol. The number of rotatable bonds is 5. The third-order valence-corrected chi connectivity index (χ3v) is 4.76. The SMILES string of the molecule is O=[N+]([O-])c1ccc(-c2cccc(-c3ccc([N+](=O)[O-])cc3)c2-c2ccccn2)cc1. The molecule has 146 valence electrons. The molecule has 3 aromatic carbocycles. The summed E-state index contributed by atoms with van der Waals surface area (Å²) in [6, 6.07) is 24.0. The first-order valence-corrected chi connectivity index (χ1v) is 9.08. The Hall–Kier alpha value is -4.39. The number of nitro groups is 2. The van der Waals surface area contributed by atoms with Gasteiger partial charge in [0.25, 0.3) is 11.4 Å². The maximum absolute atomic E-state index is 11.0. The number of pyridine rings is 1. The molecule has 0 fully saturated rings. The van der Waals surface area contributed by atoms with E-state index in [1.54, 1.807) is 30.5 Å². The van der Waals surface area contributed by atoms with Gasteiger partial charge in [-0.25, -0.2) is 0 Å². The van der Waals surface area contributed by atoms with E-state index in [4.69, 9.17) is 0 Å². The molecule has 1 aromatic heterocycles. The highest BCUT2D eigenvalue weighted by molar-refractivity contribution is 5.93. The fourth-order valence-corrected chi connectivity index (χ4v) is 3.35. The van der Waals surface area contributed by atoms with Crippen LogP contribution >= 0.6 is 0 Å². The van der Waals surface area contributed by atoms with Crippen molar-refractivity contribution in [3.05, 3.63) is 111 Å². The van der Waals surface area contributed by atoms with Crippen LogP contribution in [0.1, 0.15) is 0 Å². The molecule has 0 bridgehead atoms. The number of aromatic nitrogens is 1. The van der Waals surface area contributed by atoms with E-state index in [0.29, 0.717) is 0 Å². The Labute approximate surface area is 171 Å². The topological polar surface area (TPSA) is 99.2 Å². The molecular weight excluding hydrogens is 382 g/mol. The molecule has 0 amide bonds. The number of hydrogen-bond acceptors (Lipinski definition) is 5. The molecular formula is C23H15N3O4. The van der Waals surface area contributed by atoms with E-state index in [1.807, 2.05) is 36.4 Å². The van der Waals surface area contributed by atoms with E-state index in [2.05, 4.69) is 4.98 Å². The number of nitro benzene ring substituents is 2. The Kier molecular flexibility index (Phi) is 5.00. The highest BCUT2D eigenvalue weighted by atomic mass is 16.6. The first-order chi connectivity index (χ1) is 14.5. The maximum Gasteiger partial charge on any atom is 0.269 e. The van der Waals surface area contributed by atoms with Crippen LogP contribution in [-0.4, -0.2) is 14.8 Å². The van der Waals surface area contributed by atoms with Crippen molar-refractivity contribution in [3.8, 4) is 33.5 Å². The van der Waals surface area contributed by atoms with Gasteiger partial charge >= 0.3 is 0 Å². The molecule has 4 aromatic rings. The van der Waals surface area contributed by atoms with Crippen molar-refractivity contribution in [1.82, 2.24) is 4.98 Å². The van der Waals surface area contributed by atoms with Gasteiger partial charge in [0.05, 0.1) is 15.5 Å². The van der Waals surface area contributed by atoms with Gasteiger partial charge in [0.15, 0.2) is 0 Å². The van der Waals surface area contributed by atoms with Crippen molar-refractivity contribution in [3.63, 3.8) is 0 Å². The first kappa shape index (κ1) is 18.9. The van der Waals surface area contributed by atoms with Gasteiger partial charge in [-0.3, -0.25) is 25.2 Å². The van der Waals surface area contributed by atoms with Crippen molar-refractivity contribution >= 4 is 11.4 Å². The number of benzene rings is 3. The molecule has 0 saturated heterocycles. The van der Waals surface area contributed by atoms with Gasteiger partial charge in [-0.15, -0.1) is 0 Å². The van der Waals surface area contributed by atoms with E-state index >= 15 is 0 Å². The lowest BCUT2D eigenvalue weighted by Gasteiger charge is -2.15. The smallest absolute Gasteiger partial charge is 0.258 e. The normalized spacial score (nSPS) is 10.5. The zero-order chi connectivity index (χ0) is 21.1. The third kappa shape index (κ3) is 3.64. The molecule has 7 heteroatoms. The number of hydrogen-bond donors (Lipinski definition) is 0. The lowest BCUT2D eigenvalue weighted by atomic mass is 9.89. The van der Waals surface area contributed by atoms with E-state index in [-0.39, 0.29) is 11.4 Å². The van der Waals surface area contributed by atoms with Crippen LogP contribution in [0.3, 0.4) is 0 Å². The first-order valence-electron chi connectivity index (χ1n) is 9.08. The van der Waals surface area contributed by atoms with Crippen LogP contribution in [0.4, 0.5) is 11.4 Å². The van der Waals surface area contributed by atoms with Gasteiger partial charge in [0.1, 0.15) is 0 Å². The molecule has 4 rings (SSSR count). The summed E-state index contributed by atoms with van der Waals surface area (Å²) in [5.74, 6) is 0. The lowest BCUT2D eigenvalue weighted by molar-refractivity contribution is -0.385. The van der Waals surface area contributed by atoms with Crippen LogP contribution in [0, 0.1) is 20.2 Å². The molecule has 0 aliphatic carbocycles. The Balaban J connectivity index is 1.92. The maximum atomic E-state index is 11.0. The largest absolute Gasteiger partial charge is 0.269 e. The predicted octanol–water partition coefficient (Wildman–Crippen LogP) is 5.90. The summed E-state index contributed by atoms with van der Waals surface area (Å²) in [5.41, 5.74) is 4.96. The molecule has 7 nitrogen and oxygen atoms in total. The molecule has 0 unspecified atom stereocenters. The molecule has 0 spiro atoms. The third-order valence-electron chi connectivity index (χ3n) is 4.76. The lowest BCUT2D eigenvalue weighted by Crippen LogP contribution is -1.93. The monoisotopic (exact) mass is 397 g/mol. The van der Waals surface area contributed by atoms with Gasteiger partial charge < -0.3 is 0 Å². The highest BCUT2D eigenvalue weighted by Crippen LogP contribution is 2.39. The fraction of sp³-hybridized carbons (Fsp3) is 0. The minimum Gasteiger partial charge on any atom is -0.258 e. The van der Waals surface area contributed by atoms with Crippen LogP contribution in [0.2, 0.25) is 0 Å². The summed E-state index contributed by atoms with van der Waals surface area (Å²) in [6.07, 6.45) is 1.70. The van der Waals surface area contributed by atoms with Gasteiger partial charge in [-0.1, -0.05) is 24.3 Å². The van der Waals surface area contributed by atoms with E-state index in [1.165, 1.54) is 24.3 Å². The standard InChI is InChI=1S/C23H15N3O4/c27-25(28)18-11-7-16(8-12-18)20-4-3-5-21(23(20)22-6-1-2-15-24-22)17-9-13-19(14-10-17)26(29)30/h1-15H. The summed E-state index contributed by atoms with van der Waals surface area (Å²) in [4.78, 5) is 25.6. The summed E-state index contributed by atoms with van der Waals surface area (Å²) in [5, 5.41) is 22.0. The average molecular weight is 397 g/mol. The van der Waals surface area contributed by atoms with Crippen LogP contribution < -0.4 is 0 Å². The Morgan fingerprint density at radius 1 is 0.600 bits per heavy atom. The quantitative estimate of drug-likeness (QED) is 0.308. The number of nitrogens with zero attached hydrogens (tertiary/aromatic N) is 3. The van der Waals surface area contributed by atoms with Gasteiger partial charge in [-0.2, -0.15) is 0 Å². The van der Waals surface area contributed by atoms with Crippen LogP contribution in [0.25, 0.3) is 33.5 Å². The van der Waals surface area contributed by atoms with Crippen molar-refractivity contribution in [2.24, 2.45) is 0 Å². The molecule has 0 radical (unpaired) electrons. The van der Waals surface area contributed by atoms with Crippen LogP contribution in [0.5, 0.6) is 0 Å². The summed E-state index contributed by atoms with van der Waals surface area (Å²) < 4.78 is 0. The van der Waals surface area contributed by atoms with E-state index in [0.717, 1.165) is 33.5 Å². The minimum absolute atomic E-state index is 0.0182. The second kappa shape index (κ2) is 7.92. The second-order valence-electron chi connectivity index (χ2n) is 6.55. The summed E-state index contributed by atoms with van der Waals surface area (Å²) in [7, 11) is 0. The van der Waals surface area contributed by atoms with Crippen LogP contribution in [0.15, 0.2) is 91.1 Å². The van der Waals surface area contributed by atoms with Crippen molar-refractivity contribution in [2.75, 3.05) is 0 Å². The van der Waals surface area contributed by atoms with Gasteiger partial charge in [-0.05, 0) is 58.7 Å². The zero-order valence-electron chi connectivity index (χ0n) is 15.6. The van der Waals surface area contributed by atoms with Gasteiger partial charge in [0.2, 0.25) is 0 Å². The van der Waals surface area contributed by atoms with Crippen LogP contribution in [-0.2, 0) is 0 Å². The Morgan fingerprint density at radius 3 is 1.50 bits per heavy atom. The molecule has 30 heavy (non-hydrogen) atoms. The highest BCUT2D eigenvalue weighted by Gasteiger charge is 2.16.